The average Bonchev–Trinajstić information content (AvgIpc) is 2.47. The van der Waals surface area contributed by atoms with Gasteiger partial charge in [-0.1, -0.05) is 30.3 Å². The first-order valence-electron chi connectivity index (χ1n) is 6.67. The number of ketones is 1. The van der Waals surface area contributed by atoms with Crippen LogP contribution in [0.4, 0.5) is 0 Å². The molecule has 3 heteroatoms. The summed E-state index contributed by atoms with van der Waals surface area (Å²) >= 11 is 0. The average molecular weight is 265 g/mol. The predicted molar refractivity (Wildman–Crippen MR) is 77.9 cm³/mol. The molecular formula is C17H15NO2. The molecule has 0 saturated carbocycles. The van der Waals surface area contributed by atoms with E-state index in [9.17, 15) is 9.59 Å². The first kappa shape index (κ1) is 12.6. The maximum absolute atomic E-state index is 11.7. The van der Waals surface area contributed by atoms with Crippen molar-refractivity contribution in [1.82, 2.24) is 5.32 Å². The van der Waals surface area contributed by atoms with Crippen LogP contribution in [0, 0.1) is 0 Å². The van der Waals surface area contributed by atoms with Crippen molar-refractivity contribution in [3.05, 3.63) is 59.2 Å². The Labute approximate surface area is 117 Å². The Morgan fingerprint density at radius 2 is 1.90 bits per heavy atom. The van der Waals surface area contributed by atoms with Crippen molar-refractivity contribution in [2.45, 2.75) is 13.3 Å². The maximum atomic E-state index is 11.7. The third-order valence-corrected chi connectivity index (χ3v) is 3.63. The van der Waals surface area contributed by atoms with Crippen LogP contribution in [0.25, 0.3) is 11.1 Å². The Balaban J connectivity index is 2.05. The van der Waals surface area contributed by atoms with Gasteiger partial charge in [0.2, 0.25) is 0 Å². The van der Waals surface area contributed by atoms with E-state index in [-0.39, 0.29) is 11.7 Å². The van der Waals surface area contributed by atoms with Crippen molar-refractivity contribution in [3.8, 4) is 11.1 Å². The molecule has 2 aromatic carbocycles. The quantitative estimate of drug-likeness (QED) is 0.849. The number of rotatable bonds is 2. The molecule has 0 radical (unpaired) electrons. The fourth-order valence-electron chi connectivity index (χ4n) is 2.53. The van der Waals surface area contributed by atoms with Crippen molar-refractivity contribution in [2.75, 3.05) is 6.54 Å². The van der Waals surface area contributed by atoms with Crippen molar-refractivity contribution < 1.29 is 9.59 Å². The highest BCUT2D eigenvalue weighted by Gasteiger charge is 2.16. The molecule has 1 aliphatic heterocycles. The molecule has 2 aromatic rings. The summed E-state index contributed by atoms with van der Waals surface area (Å²) < 4.78 is 0. The van der Waals surface area contributed by atoms with Gasteiger partial charge in [0.1, 0.15) is 0 Å². The normalized spacial score (nSPS) is 13.6. The van der Waals surface area contributed by atoms with Gasteiger partial charge in [0, 0.05) is 17.7 Å². The SMILES string of the molecule is CC(=O)c1cccc(-c2ccc3c(c2)CCNC3=O)c1. The molecule has 1 amide bonds. The van der Waals surface area contributed by atoms with E-state index >= 15 is 0 Å². The zero-order valence-corrected chi connectivity index (χ0v) is 11.3. The second-order valence-electron chi connectivity index (χ2n) is 5.01. The molecule has 0 unspecified atom stereocenters. The van der Waals surface area contributed by atoms with Crippen LogP contribution in [-0.4, -0.2) is 18.2 Å². The Morgan fingerprint density at radius 1 is 1.10 bits per heavy atom. The number of benzene rings is 2. The van der Waals surface area contributed by atoms with Gasteiger partial charge in [0.25, 0.3) is 5.91 Å². The van der Waals surface area contributed by atoms with Gasteiger partial charge >= 0.3 is 0 Å². The Hall–Kier alpha value is -2.42. The number of nitrogens with one attached hydrogen (secondary N) is 1. The summed E-state index contributed by atoms with van der Waals surface area (Å²) in [5, 5.41) is 2.84. The van der Waals surface area contributed by atoms with E-state index in [4.69, 9.17) is 0 Å². The van der Waals surface area contributed by atoms with Crippen LogP contribution in [0.3, 0.4) is 0 Å². The highest BCUT2D eigenvalue weighted by Crippen LogP contribution is 2.25. The number of fused-ring (bicyclic) bond motifs is 1. The van der Waals surface area contributed by atoms with Crippen molar-refractivity contribution in [2.24, 2.45) is 0 Å². The number of amides is 1. The Morgan fingerprint density at radius 3 is 2.70 bits per heavy atom. The smallest absolute Gasteiger partial charge is 0.251 e. The zero-order chi connectivity index (χ0) is 14.1. The minimum Gasteiger partial charge on any atom is -0.352 e. The number of carbonyl (C=O) groups excluding carboxylic acids is 2. The van der Waals surface area contributed by atoms with Crippen LogP contribution in [0.5, 0.6) is 0 Å². The molecule has 3 rings (SSSR count). The maximum Gasteiger partial charge on any atom is 0.251 e. The fourth-order valence-corrected chi connectivity index (χ4v) is 2.53. The molecule has 1 heterocycles. The van der Waals surface area contributed by atoms with Gasteiger partial charge in [-0.2, -0.15) is 0 Å². The lowest BCUT2D eigenvalue weighted by Crippen LogP contribution is -2.31. The third kappa shape index (κ3) is 2.23. The summed E-state index contributed by atoms with van der Waals surface area (Å²) in [5.41, 5.74) is 4.58. The summed E-state index contributed by atoms with van der Waals surface area (Å²) in [6, 6.07) is 13.4. The van der Waals surface area contributed by atoms with Crippen LogP contribution in [-0.2, 0) is 6.42 Å². The van der Waals surface area contributed by atoms with Gasteiger partial charge in [0.15, 0.2) is 5.78 Å². The predicted octanol–water partition coefficient (Wildman–Crippen LogP) is 2.84. The summed E-state index contributed by atoms with van der Waals surface area (Å²) in [6.45, 7) is 2.25. The van der Waals surface area contributed by atoms with Crippen LogP contribution in [0.15, 0.2) is 42.5 Å². The Kier molecular flexibility index (Phi) is 3.11. The molecule has 20 heavy (non-hydrogen) atoms. The van der Waals surface area contributed by atoms with Crippen molar-refractivity contribution >= 4 is 11.7 Å². The summed E-state index contributed by atoms with van der Waals surface area (Å²) in [5.74, 6) is 0.0551. The van der Waals surface area contributed by atoms with E-state index < -0.39 is 0 Å². The lowest BCUT2D eigenvalue weighted by Gasteiger charge is -2.17. The number of hydrogen-bond donors (Lipinski definition) is 1. The second kappa shape index (κ2) is 4.93. The minimum atomic E-state index is -0.00436. The molecule has 0 saturated heterocycles. The molecule has 0 fully saturated rings. The van der Waals surface area contributed by atoms with Gasteiger partial charge in [-0.15, -0.1) is 0 Å². The van der Waals surface area contributed by atoms with Gasteiger partial charge in [-0.3, -0.25) is 9.59 Å². The minimum absolute atomic E-state index is 0.00436. The van der Waals surface area contributed by atoms with E-state index in [2.05, 4.69) is 5.32 Å². The number of Topliss-reactive ketones (excluding diaryl/α,β-unsaturated/α-hetero) is 1. The van der Waals surface area contributed by atoms with Crippen molar-refractivity contribution in [1.29, 1.82) is 0 Å². The van der Waals surface area contributed by atoms with Gasteiger partial charge in [-0.25, -0.2) is 0 Å². The van der Waals surface area contributed by atoms with E-state index in [1.165, 1.54) is 0 Å². The van der Waals surface area contributed by atoms with E-state index in [0.717, 1.165) is 28.7 Å². The first-order valence-corrected chi connectivity index (χ1v) is 6.67. The molecule has 0 bridgehead atoms. The molecule has 1 aliphatic rings. The summed E-state index contributed by atoms with van der Waals surface area (Å²) in [7, 11) is 0. The number of hydrogen-bond acceptors (Lipinski definition) is 2. The second-order valence-corrected chi connectivity index (χ2v) is 5.01. The molecular weight excluding hydrogens is 250 g/mol. The Bertz CT molecular complexity index is 704. The number of carbonyl (C=O) groups is 2. The summed E-state index contributed by atoms with van der Waals surface area (Å²) in [4.78, 5) is 23.2. The molecule has 1 N–H and O–H groups in total. The molecule has 0 aromatic heterocycles. The van der Waals surface area contributed by atoms with Gasteiger partial charge in [-0.05, 0) is 42.2 Å². The lowest BCUT2D eigenvalue weighted by molar-refractivity contribution is 0.0945. The standard InChI is InChI=1S/C17H15NO2/c1-11(19)12-3-2-4-13(9-12)14-5-6-16-15(10-14)7-8-18-17(16)20/h2-6,9-10H,7-8H2,1H3,(H,18,20). The molecule has 0 aliphatic carbocycles. The third-order valence-electron chi connectivity index (χ3n) is 3.63. The summed E-state index contributed by atoms with van der Waals surface area (Å²) in [6.07, 6.45) is 0.849. The van der Waals surface area contributed by atoms with E-state index in [1.54, 1.807) is 6.92 Å². The highest BCUT2D eigenvalue weighted by atomic mass is 16.1. The molecule has 0 atom stereocenters. The largest absolute Gasteiger partial charge is 0.352 e. The molecule has 3 nitrogen and oxygen atoms in total. The monoisotopic (exact) mass is 265 g/mol. The van der Waals surface area contributed by atoms with E-state index in [1.807, 2.05) is 42.5 Å². The van der Waals surface area contributed by atoms with Crippen molar-refractivity contribution in [3.63, 3.8) is 0 Å². The van der Waals surface area contributed by atoms with Gasteiger partial charge in [0.05, 0.1) is 0 Å². The molecule has 100 valence electrons. The zero-order valence-electron chi connectivity index (χ0n) is 11.3. The van der Waals surface area contributed by atoms with Gasteiger partial charge < -0.3 is 5.32 Å². The highest BCUT2D eigenvalue weighted by molar-refractivity contribution is 5.98. The fraction of sp³-hybridized carbons (Fsp3) is 0.176. The topological polar surface area (TPSA) is 46.2 Å². The molecule has 0 spiro atoms. The van der Waals surface area contributed by atoms with Crippen LogP contribution < -0.4 is 5.32 Å². The first-order chi connectivity index (χ1) is 9.65. The van der Waals surface area contributed by atoms with Crippen LogP contribution in [0.2, 0.25) is 0 Å². The lowest BCUT2D eigenvalue weighted by atomic mass is 9.94. The van der Waals surface area contributed by atoms with Crippen LogP contribution >= 0.6 is 0 Å². The van der Waals surface area contributed by atoms with E-state index in [0.29, 0.717) is 12.1 Å². The van der Waals surface area contributed by atoms with Crippen LogP contribution in [0.1, 0.15) is 33.2 Å².